The van der Waals surface area contributed by atoms with Crippen LogP contribution in [0.5, 0.6) is 0 Å². The van der Waals surface area contributed by atoms with Crippen molar-refractivity contribution in [2.45, 2.75) is 45.5 Å². The highest BCUT2D eigenvalue weighted by Gasteiger charge is 2.43. The van der Waals surface area contributed by atoms with E-state index in [4.69, 9.17) is 5.73 Å². The molecule has 0 aromatic carbocycles. The van der Waals surface area contributed by atoms with Crippen LogP contribution in [0.2, 0.25) is 0 Å². The second kappa shape index (κ2) is 4.91. The first-order valence-electron chi connectivity index (χ1n) is 4.63. The summed E-state index contributed by atoms with van der Waals surface area (Å²) in [4.78, 5) is 0. The Balaban J connectivity index is 4.82. The Labute approximate surface area is 79.4 Å². The van der Waals surface area contributed by atoms with Gasteiger partial charge in [0.1, 0.15) is 0 Å². The molecule has 0 aromatic heterocycles. The first kappa shape index (κ1) is 12.8. The number of rotatable bonds is 5. The lowest BCUT2D eigenvalue weighted by Crippen LogP contribution is -2.51. The molecule has 0 fully saturated rings. The van der Waals surface area contributed by atoms with Gasteiger partial charge in [0.15, 0.2) is 0 Å². The summed E-state index contributed by atoms with van der Waals surface area (Å²) in [6.07, 6.45) is -1.94. The average molecular weight is 191 g/mol. The predicted octanol–water partition coefficient (Wildman–Crippen LogP) is -0.536. The van der Waals surface area contributed by atoms with Gasteiger partial charge in [0.2, 0.25) is 0 Å². The third kappa shape index (κ3) is 2.40. The van der Waals surface area contributed by atoms with Crippen molar-refractivity contribution < 1.29 is 15.3 Å². The van der Waals surface area contributed by atoms with Gasteiger partial charge in [0, 0.05) is 5.41 Å². The van der Waals surface area contributed by atoms with Gasteiger partial charge in [-0.15, -0.1) is 0 Å². The van der Waals surface area contributed by atoms with Crippen LogP contribution in [0.4, 0.5) is 0 Å². The second-order valence-electron chi connectivity index (χ2n) is 3.68. The fourth-order valence-electron chi connectivity index (χ4n) is 1.92. The maximum Gasteiger partial charge on any atom is 0.0618 e. The molecule has 0 rings (SSSR count). The van der Waals surface area contributed by atoms with E-state index < -0.39 is 23.7 Å². The molecule has 80 valence electrons. The van der Waals surface area contributed by atoms with Crippen molar-refractivity contribution in [2.24, 2.45) is 11.1 Å². The summed E-state index contributed by atoms with van der Waals surface area (Å²) in [7, 11) is 0. The number of hydrogen-bond donors (Lipinski definition) is 4. The minimum Gasteiger partial charge on any atom is -0.393 e. The highest BCUT2D eigenvalue weighted by molar-refractivity contribution is 4.93. The first-order chi connectivity index (χ1) is 5.89. The molecule has 0 heterocycles. The van der Waals surface area contributed by atoms with E-state index in [-0.39, 0.29) is 0 Å². The van der Waals surface area contributed by atoms with Crippen LogP contribution in [0.25, 0.3) is 0 Å². The molecule has 3 atom stereocenters. The molecule has 0 saturated heterocycles. The fraction of sp³-hybridized carbons (Fsp3) is 1.00. The molecule has 0 aliphatic rings. The van der Waals surface area contributed by atoms with Crippen molar-refractivity contribution in [3.8, 4) is 0 Å². The molecule has 4 nitrogen and oxygen atoms in total. The molecule has 0 spiro atoms. The van der Waals surface area contributed by atoms with Gasteiger partial charge in [-0.1, -0.05) is 0 Å². The van der Waals surface area contributed by atoms with Gasteiger partial charge in [-0.25, -0.2) is 0 Å². The number of nitrogens with two attached hydrogens (primary N) is 1. The SMILES string of the molecule is CC(O)C(CCN)(C(C)O)C(C)O. The van der Waals surface area contributed by atoms with Crippen molar-refractivity contribution in [1.29, 1.82) is 0 Å². The normalized spacial score (nSPS) is 23.3. The van der Waals surface area contributed by atoms with Crippen LogP contribution in [-0.2, 0) is 0 Å². The lowest BCUT2D eigenvalue weighted by molar-refractivity contribution is -0.124. The van der Waals surface area contributed by atoms with Gasteiger partial charge in [-0.3, -0.25) is 0 Å². The topological polar surface area (TPSA) is 86.7 Å². The first-order valence-corrected chi connectivity index (χ1v) is 4.63. The van der Waals surface area contributed by atoms with Gasteiger partial charge >= 0.3 is 0 Å². The zero-order valence-corrected chi connectivity index (χ0v) is 8.57. The number of aliphatic hydroxyl groups is 3. The molecule has 3 unspecified atom stereocenters. The van der Waals surface area contributed by atoms with Crippen molar-refractivity contribution >= 4 is 0 Å². The molecule has 0 bridgehead atoms. The summed E-state index contributed by atoms with van der Waals surface area (Å²) in [6.45, 7) is 5.03. The van der Waals surface area contributed by atoms with E-state index in [1.807, 2.05) is 0 Å². The minimum absolute atomic E-state index is 0.334. The average Bonchev–Trinajstić information content (AvgIpc) is 1.97. The molecular weight excluding hydrogens is 170 g/mol. The Bertz CT molecular complexity index is 124. The molecule has 0 aliphatic heterocycles. The van der Waals surface area contributed by atoms with E-state index in [2.05, 4.69) is 0 Å². The van der Waals surface area contributed by atoms with Crippen molar-refractivity contribution in [2.75, 3.05) is 6.54 Å². The van der Waals surface area contributed by atoms with Gasteiger partial charge in [0.25, 0.3) is 0 Å². The predicted molar refractivity (Wildman–Crippen MR) is 51.1 cm³/mol. The standard InChI is InChI=1S/C9H21NO3/c1-6(11)9(4-5-10,7(2)12)8(3)13/h6-8,11-13H,4-5,10H2,1-3H3. The van der Waals surface area contributed by atoms with Crippen LogP contribution in [0, 0.1) is 5.41 Å². The van der Waals surface area contributed by atoms with E-state index in [1.165, 1.54) is 0 Å². The smallest absolute Gasteiger partial charge is 0.0618 e. The lowest BCUT2D eigenvalue weighted by atomic mass is 9.71. The molecular formula is C9H21NO3. The highest BCUT2D eigenvalue weighted by Crippen LogP contribution is 2.34. The maximum absolute atomic E-state index is 9.56. The maximum atomic E-state index is 9.56. The molecule has 0 aromatic rings. The Morgan fingerprint density at radius 3 is 1.38 bits per heavy atom. The minimum atomic E-state index is -0.908. The molecule has 13 heavy (non-hydrogen) atoms. The van der Waals surface area contributed by atoms with Crippen molar-refractivity contribution in [3.05, 3.63) is 0 Å². The van der Waals surface area contributed by atoms with Gasteiger partial charge in [-0.2, -0.15) is 0 Å². The van der Waals surface area contributed by atoms with Gasteiger partial charge < -0.3 is 21.1 Å². The van der Waals surface area contributed by atoms with Crippen LogP contribution < -0.4 is 5.73 Å². The summed E-state index contributed by atoms with van der Waals surface area (Å²) >= 11 is 0. The van der Waals surface area contributed by atoms with Crippen LogP contribution in [0.1, 0.15) is 27.2 Å². The Kier molecular flexibility index (Phi) is 4.85. The molecule has 0 amide bonds. The van der Waals surface area contributed by atoms with E-state index in [9.17, 15) is 15.3 Å². The van der Waals surface area contributed by atoms with E-state index in [0.717, 1.165) is 0 Å². The molecule has 0 radical (unpaired) electrons. The van der Waals surface area contributed by atoms with E-state index in [0.29, 0.717) is 13.0 Å². The second-order valence-corrected chi connectivity index (χ2v) is 3.68. The Morgan fingerprint density at radius 1 is 1.00 bits per heavy atom. The lowest BCUT2D eigenvalue weighted by Gasteiger charge is -2.41. The molecule has 0 saturated carbocycles. The quantitative estimate of drug-likeness (QED) is 0.470. The largest absolute Gasteiger partial charge is 0.393 e. The summed E-state index contributed by atoms with van der Waals surface area (Å²) in [6, 6.07) is 0. The van der Waals surface area contributed by atoms with E-state index in [1.54, 1.807) is 20.8 Å². The Morgan fingerprint density at radius 2 is 1.31 bits per heavy atom. The zero-order chi connectivity index (χ0) is 10.6. The summed E-state index contributed by atoms with van der Waals surface area (Å²) in [5.74, 6) is 0. The third-order valence-electron chi connectivity index (χ3n) is 2.91. The van der Waals surface area contributed by atoms with Crippen molar-refractivity contribution in [1.82, 2.24) is 0 Å². The van der Waals surface area contributed by atoms with Crippen LogP contribution in [-0.4, -0.2) is 40.2 Å². The number of hydrogen-bond acceptors (Lipinski definition) is 4. The number of aliphatic hydroxyl groups excluding tert-OH is 3. The van der Waals surface area contributed by atoms with E-state index >= 15 is 0 Å². The summed E-state index contributed by atoms with van der Waals surface area (Å²) in [5, 5.41) is 28.7. The van der Waals surface area contributed by atoms with Gasteiger partial charge in [-0.05, 0) is 33.7 Å². The monoisotopic (exact) mass is 191 g/mol. The third-order valence-corrected chi connectivity index (χ3v) is 2.91. The van der Waals surface area contributed by atoms with Gasteiger partial charge in [0.05, 0.1) is 18.3 Å². The molecule has 5 N–H and O–H groups in total. The highest BCUT2D eigenvalue weighted by atomic mass is 16.3. The summed E-state index contributed by atoms with van der Waals surface area (Å²) in [5.41, 5.74) is 4.49. The molecule has 4 heteroatoms. The van der Waals surface area contributed by atoms with Crippen LogP contribution in [0.3, 0.4) is 0 Å². The fourth-order valence-corrected chi connectivity index (χ4v) is 1.92. The van der Waals surface area contributed by atoms with Crippen LogP contribution >= 0.6 is 0 Å². The molecule has 0 aliphatic carbocycles. The van der Waals surface area contributed by atoms with Crippen molar-refractivity contribution in [3.63, 3.8) is 0 Å². The Hall–Kier alpha value is -0.160. The zero-order valence-electron chi connectivity index (χ0n) is 8.57. The summed E-state index contributed by atoms with van der Waals surface area (Å²) < 4.78 is 0. The van der Waals surface area contributed by atoms with Crippen LogP contribution in [0.15, 0.2) is 0 Å².